The molecule has 0 radical (unpaired) electrons. The lowest BCUT2D eigenvalue weighted by Crippen LogP contribution is -2.55. The molecular weight excluding hydrogens is 222 g/mol. The van der Waals surface area contributed by atoms with E-state index in [0.717, 1.165) is 18.5 Å². The summed E-state index contributed by atoms with van der Waals surface area (Å²) in [4.78, 5) is 5.33. The lowest BCUT2D eigenvalue weighted by molar-refractivity contribution is 0.0697. The average Bonchev–Trinajstić information content (AvgIpc) is 2.61. The van der Waals surface area contributed by atoms with Gasteiger partial charge in [-0.25, -0.2) is 0 Å². The van der Waals surface area contributed by atoms with E-state index in [9.17, 15) is 0 Å². The van der Waals surface area contributed by atoms with Crippen molar-refractivity contribution >= 4 is 0 Å². The van der Waals surface area contributed by atoms with Crippen molar-refractivity contribution in [2.45, 2.75) is 58.0 Å². The van der Waals surface area contributed by atoms with Crippen molar-refractivity contribution in [2.24, 2.45) is 11.7 Å². The number of likely N-dealkylation sites (tertiary alicyclic amines) is 2. The Hall–Kier alpha value is -0.120. The highest BCUT2D eigenvalue weighted by Crippen LogP contribution is 2.36. The van der Waals surface area contributed by atoms with Gasteiger partial charge in [0, 0.05) is 24.7 Å². The van der Waals surface area contributed by atoms with Crippen LogP contribution < -0.4 is 5.73 Å². The van der Waals surface area contributed by atoms with Gasteiger partial charge in [0.2, 0.25) is 0 Å². The zero-order valence-corrected chi connectivity index (χ0v) is 12.5. The molecule has 0 saturated carbocycles. The Morgan fingerprint density at radius 1 is 1.22 bits per heavy atom. The van der Waals surface area contributed by atoms with Crippen LogP contribution in [0, 0.1) is 5.92 Å². The van der Waals surface area contributed by atoms with Crippen molar-refractivity contribution in [1.82, 2.24) is 9.80 Å². The highest BCUT2D eigenvalue weighted by Gasteiger charge is 2.42. The van der Waals surface area contributed by atoms with E-state index < -0.39 is 0 Å². The first-order valence-corrected chi connectivity index (χ1v) is 7.80. The molecule has 2 N–H and O–H groups in total. The van der Waals surface area contributed by atoms with Gasteiger partial charge >= 0.3 is 0 Å². The maximum Gasteiger partial charge on any atom is 0.0347 e. The normalized spacial score (nSPS) is 40.0. The van der Waals surface area contributed by atoms with Crippen molar-refractivity contribution in [3.63, 3.8) is 0 Å². The molecule has 2 aliphatic rings. The lowest BCUT2D eigenvalue weighted by Gasteiger charge is -2.43. The molecule has 3 heteroatoms. The van der Waals surface area contributed by atoms with E-state index in [1.807, 2.05) is 0 Å². The first kappa shape index (κ1) is 14.3. The summed E-state index contributed by atoms with van der Waals surface area (Å²) < 4.78 is 0. The van der Waals surface area contributed by atoms with Gasteiger partial charge in [0.05, 0.1) is 0 Å². The van der Waals surface area contributed by atoms with Crippen LogP contribution in [0.25, 0.3) is 0 Å². The third-order valence-electron chi connectivity index (χ3n) is 5.23. The van der Waals surface area contributed by atoms with E-state index in [0.29, 0.717) is 0 Å². The standard InChI is InChI=1S/C15H31N3/c1-4-17-8-5-6-15(12-16,7-9-17)18-11-13(2)10-14(18)3/h13-14H,4-12,16H2,1-3H3. The molecule has 2 rings (SSSR count). The first-order valence-electron chi connectivity index (χ1n) is 7.80. The Bertz CT molecular complexity index is 268. The van der Waals surface area contributed by atoms with Gasteiger partial charge in [0.25, 0.3) is 0 Å². The minimum absolute atomic E-state index is 0.286. The molecule has 106 valence electrons. The fourth-order valence-corrected chi connectivity index (χ4v) is 4.12. The highest BCUT2D eigenvalue weighted by molar-refractivity contribution is 4.99. The largest absolute Gasteiger partial charge is 0.329 e. The second-order valence-corrected chi connectivity index (χ2v) is 6.56. The first-order chi connectivity index (χ1) is 8.61. The number of hydrogen-bond donors (Lipinski definition) is 1. The SMILES string of the molecule is CCN1CCCC(CN)(N2CC(C)CC2C)CC1. The molecule has 0 aliphatic carbocycles. The van der Waals surface area contributed by atoms with Crippen molar-refractivity contribution in [1.29, 1.82) is 0 Å². The maximum atomic E-state index is 6.22. The molecule has 18 heavy (non-hydrogen) atoms. The monoisotopic (exact) mass is 253 g/mol. The number of rotatable bonds is 3. The summed E-state index contributed by atoms with van der Waals surface area (Å²) in [7, 11) is 0. The number of hydrogen-bond acceptors (Lipinski definition) is 3. The van der Waals surface area contributed by atoms with Gasteiger partial charge in [-0.1, -0.05) is 13.8 Å². The molecule has 2 fully saturated rings. The lowest BCUT2D eigenvalue weighted by atomic mass is 9.88. The molecule has 0 bridgehead atoms. The van der Waals surface area contributed by atoms with Crippen molar-refractivity contribution in [2.75, 3.05) is 32.7 Å². The third kappa shape index (κ3) is 2.73. The molecule has 2 saturated heterocycles. The quantitative estimate of drug-likeness (QED) is 0.834. The minimum Gasteiger partial charge on any atom is -0.329 e. The average molecular weight is 253 g/mol. The summed E-state index contributed by atoms with van der Waals surface area (Å²) in [6, 6.07) is 0.719. The molecule has 0 spiro atoms. The Morgan fingerprint density at radius 3 is 2.56 bits per heavy atom. The van der Waals surface area contributed by atoms with Gasteiger partial charge in [0.15, 0.2) is 0 Å². The third-order valence-corrected chi connectivity index (χ3v) is 5.23. The summed E-state index contributed by atoms with van der Waals surface area (Å²) in [6.45, 7) is 12.8. The molecule has 2 aliphatic heterocycles. The summed E-state index contributed by atoms with van der Waals surface area (Å²) in [5.41, 5.74) is 6.51. The fraction of sp³-hybridized carbons (Fsp3) is 1.00. The van der Waals surface area contributed by atoms with E-state index in [-0.39, 0.29) is 5.54 Å². The molecule has 0 aromatic rings. The summed E-state index contributed by atoms with van der Waals surface area (Å²) in [5.74, 6) is 0.842. The van der Waals surface area contributed by atoms with E-state index in [1.54, 1.807) is 0 Å². The van der Waals surface area contributed by atoms with Crippen molar-refractivity contribution in [3.05, 3.63) is 0 Å². The van der Waals surface area contributed by atoms with Crippen LogP contribution in [0.2, 0.25) is 0 Å². The van der Waals surface area contributed by atoms with Crippen LogP contribution in [0.5, 0.6) is 0 Å². The van der Waals surface area contributed by atoms with Crippen LogP contribution in [-0.2, 0) is 0 Å². The topological polar surface area (TPSA) is 32.5 Å². The van der Waals surface area contributed by atoms with Crippen LogP contribution >= 0.6 is 0 Å². The Morgan fingerprint density at radius 2 is 2.00 bits per heavy atom. The number of nitrogens with two attached hydrogens (primary N) is 1. The molecule has 3 atom stereocenters. The highest BCUT2D eigenvalue weighted by atomic mass is 15.3. The molecule has 2 heterocycles. The molecular formula is C15H31N3. The van der Waals surface area contributed by atoms with Crippen LogP contribution in [0.15, 0.2) is 0 Å². The van der Waals surface area contributed by atoms with Crippen LogP contribution in [-0.4, -0.2) is 54.1 Å². The van der Waals surface area contributed by atoms with Crippen LogP contribution in [0.3, 0.4) is 0 Å². The minimum atomic E-state index is 0.286. The van der Waals surface area contributed by atoms with E-state index in [4.69, 9.17) is 5.73 Å². The van der Waals surface area contributed by atoms with Crippen LogP contribution in [0.1, 0.15) is 46.5 Å². The Labute approximate surface area is 113 Å². The second-order valence-electron chi connectivity index (χ2n) is 6.56. The summed E-state index contributed by atoms with van der Waals surface area (Å²) in [5, 5.41) is 0. The fourth-order valence-electron chi connectivity index (χ4n) is 4.12. The van der Waals surface area contributed by atoms with Gasteiger partial charge in [-0.05, 0) is 58.2 Å². The Balaban J connectivity index is 2.10. The van der Waals surface area contributed by atoms with Gasteiger partial charge in [0.1, 0.15) is 0 Å². The molecule has 3 nitrogen and oxygen atoms in total. The molecule has 3 unspecified atom stereocenters. The maximum absolute atomic E-state index is 6.22. The number of nitrogens with zero attached hydrogens (tertiary/aromatic N) is 2. The van der Waals surface area contributed by atoms with Gasteiger partial charge < -0.3 is 10.6 Å². The Kier molecular flexibility index (Phi) is 4.68. The van der Waals surface area contributed by atoms with Gasteiger partial charge in [-0.15, -0.1) is 0 Å². The van der Waals surface area contributed by atoms with Crippen molar-refractivity contribution < 1.29 is 0 Å². The predicted molar refractivity (Wildman–Crippen MR) is 77.7 cm³/mol. The van der Waals surface area contributed by atoms with Gasteiger partial charge in [-0.3, -0.25) is 4.90 Å². The molecule has 0 amide bonds. The van der Waals surface area contributed by atoms with Crippen LogP contribution in [0.4, 0.5) is 0 Å². The predicted octanol–water partition coefficient (Wildman–Crippen LogP) is 1.92. The van der Waals surface area contributed by atoms with E-state index in [1.165, 1.54) is 51.9 Å². The van der Waals surface area contributed by atoms with Gasteiger partial charge in [-0.2, -0.15) is 0 Å². The second kappa shape index (κ2) is 5.89. The zero-order valence-electron chi connectivity index (χ0n) is 12.5. The van der Waals surface area contributed by atoms with E-state index >= 15 is 0 Å². The molecule has 0 aromatic carbocycles. The summed E-state index contributed by atoms with van der Waals surface area (Å²) in [6.07, 6.45) is 5.20. The molecule has 0 aromatic heterocycles. The van der Waals surface area contributed by atoms with Crippen molar-refractivity contribution in [3.8, 4) is 0 Å². The van der Waals surface area contributed by atoms with E-state index in [2.05, 4.69) is 30.6 Å². The summed E-state index contributed by atoms with van der Waals surface area (Å²) >= 11 is 0. The zero-order chi connectivity index (χ0) is 13.2. The smallest absolute Gasteiger partial charge is 0.0347 e.